The van der Waals surface area contributed by atoms with Crippen molar-refractivity contribution in [3.8, 4) is 5.69 Å². The van der Waals surface area contributed by atoms with Gasteiger partial charge in [0.1, 0.15) is 12.1 Å². The van der Waals surface area contributed by atoms with Crippen molar-refractivity contribution >= 4 is 11.0 Å². The zero-order valence-corrected chi connectivity index (χ0v) is 10.2. The van der Waals surface area contributed by atoms with Crippen molar-refractivity contribution in [2.45, 2.75) is 6.73 Å². The molecular weight excluding hydrogens is 246 g/mol. The number of methoxy groups -OCH3 is 1. The number of aromatic nitrogens is 5. The van der Waals surface area contributed by atoms with Gasteiger partial charge in [0.2, 0.25) is 0 Å². The summed E-state index contributed by atoms with van der Waals surface area (Å²) < 4.78 is 7.62. The van der Waals surface area contributed by atoms with E-state index in [2.05, 4.69) is 15.4 Å². The Morgan fingerprint density at radius 2 is 2.05 bits per heavy atom. The lowest BCUT2D eigenvalue weighted by Gasteiger charge is -2.03. The molecule has 0 spiro atoms. The summed E-state index contributed by atoms with van der Waals surface area (Å²) in [6.45, 7) is 0.0677. The highest BCUT2D eigenvalue weighted by Gasteiger charge is 2.11. The van der Waals surface area contributed by atoms with Crippen LogP contribution < -0.4 is 5.56 Å². The van der Waals surface area contributed by atoms with Crippen molar-refractivity contribution in [3.63, 3.8) is 0 Å². The summed E-state index contributed by atoms with van der Waals surface area (Å²) in [6, 6.07) is 9.46. The van der Waals surface area contributed by atoms with E-state index in [9.17, 15) is 4.79 Å². The highest BCUT2D eigenvalue weighted by Crippen LogP contribution is 2.12. The van der Waals surface area contributed by atoms with Gasteiger partial charge >= 0.3 is 0 Å². The minimum Gasteiger partial charge on any atom is -0.362 e. The zero-order valence-electron chi connectivity index (χ0n) is 10.2. The molecule has 0 atom stereocenters. The van der Waals surface area contributed by atoms with E-state index in [1.165, 1.54) is 13.3 Å². The first kappa shape index (κ1) is 11.5. The number of benzene rings is 1. The van der Waals surface area contributed by atoms with Crippen LogP contribution in [0.5, 0.6) is 0 Å². The van der Waals surface area contributed by atoms with Gasteiger partial charge in [-0.1, -0.05) is 23.4 Å². The SMILES string of the molecule is COCn1nnc2c(cnn2-c2ccccc2)c1=O. The molecule has 0 aliphatic heterocycles. The van der Waals surface area contributed by atoms with Gasteiger partial charge in [-0.3, -0.25) is 4.79 Å². The van der Waals surface area contributed by atoms with Gasteiger partial charge in [-0.25, -0.2) is 4.68 Å². The molecule has 0 unspecified atom stereocenters. The quantitative estimate of drug-likeness (QED) is 0.686. The molecule has 7 heteroatoms. The smallest absolute Gasteiger partial charge is 0.283 e. The number of rotatable bonds is 3. The van der Waals surface area contributed by atoms with E-state index in [0.29, 0.717) is 11.0 Å². The fraction of sp³-hybridized carbons (Fsp3) is 0.167. The van der Waals surface area contributed by atoms with Crippen LogP contribution in [0.15, 0.2) is 41.3 Å². The highest BCUT2D eigenvalue weighted by molar-refractivity contribution is 5.74. The van der Waals surface area contributed by atoms with Gasteiger partial charge < -0.3 is 4.74 Å². The number of para-hydroxylation sites is 1. The molecule has 0 radical (unpaired) electrons. The van der Waals surface area contributed by atoms with E-state index in [1.807, 2.05) is 30.3 Å². The predicted molar refractivity (Wildman–Crippen MR) is 67.9 cm³/mol. The average molecular weight is 257 g/mol. The molecule has 7 nitrogen and oxygen atoms in total. The fourth-order valence-corrected chi connectivity index (χ4v) is 1.83. The van der Waals surface area contributed by atoms with Crippen molar-refractivity contribution in [1.29, 1.82) is 0 Å². The van der Waals surface area contributed by atoms with Crippen molar-refractivity contribution in [3.05, 3.63) is 46.9 Å². The minimum absolute atomic E-state index is 0.0677. The molecule has 0 fully saturated rings. The van der Waals surface area contributed by atoms with Crippen LogP contribution in [0.4, 0.5) is 0 Å². The predicted octanol–water partition coefficient (Wildman–Crippen LogP) is 0.581. The lowest BCUT2D eigenvalue weighted by atomic mass is 10.3. The molecule has 0 N–H and O–H groups in total. The molecule has 3 rings (SSSR count). The number of nitrogens with zero attached hydrogens (tertiary/aromatic N) is 5. The van der Waals surface area contributed by atoms with Crippen LogP contribution in [0, 0.1) is 0 Å². The largest absolute Gasteiger partial charge is 0.362 e. The maximum atomic E-state index is 12.1. The van der Waals surface area contributed by atoms with Gasteiger partial charge in [0.15, 0.2) is 5.65 Å². The summed E-state index contributed by atoms with van der Waals surface area (Å²) >= 11 is 0. The van der Waals surface area contributed by atoms with Gasteiger partial charge in [0.05, 0.1) is 11.9 Å². The third-order valence-corrected chi connectivity index (χ3v) is 2.71. The molecule has 1 aromatic carbocycles. The first-order valence-corrected chi connectivity index (χ1v) is 5.67. The maximum absolute atomic E-state index is 12.1. The van der Waals surface area contributed by atoms with Crippen molar-refractivity contribution < 1.29 is 4.74 Å². The molecule has 0 aliphatic carbocycles. The average Bonchev–Trinajstić information content (AvgIpc) is 2.88. The van der Waals surface area contributed by atoms with E-state index in [-0.39, 0.29) is 12.3 Å². The molecule has 0 saturated carbocycles. The summed E-state index contributed by atoms with van der Waals surface area (Å²) in [7, 11) is 1.49. The molecular formula is C12H11N5O2. The number of hydrogen-bond donors (Lipinski definition) is 0. The summed E-state index contributed by atoms with van der Waals surface area (Å²) in [4.78, 5) is 12.1. The topological polar surface area (TPSA) is 74.8 Å². The summed E-state index contributed by atoms with van der Waals surface area (Å²) in [5, 5.41) is 12.5. The van der Waals surface area contributed by atoms with E-state index in [1.54, 1.807) is 4.68 Å². The standard InChI is InChI=1S/C12H11N5O2/c1-19-8-16-12(18)10-7-13-17(11(10)14-15-16)9-5-3-2-4-6-9/h2-7H,8H2,1H3. The normalized spacial score (nSPS) is 11.0. The van der Waals surface area contributed by atoms with Crippen molar-refractivity contribution in [2.75, 3.05) is 7.11 Å². The zero-order chi connectivity index (χ0) is 13.2. The Morgan fingerprint density at radius 3 is 2.79 bits per heavy atom. The molecule has 0 saturated heterocycles. The fourth-order valence-electron chi connectivity index (χ4n) is 1.83. The Kier molecular flexibility index (Phi) is 2.81. The molecule has 19 heavy (non-hydrogen) atoms. The molecule has 0 bridgehead atoms. The van der Waals surface area contributed by atoms with Gasteiger partial charge in [0, 0.05) is 7.11 Å². The first-order valence-electron chi connectivity index (χ1n) is 5.67. The Balaban J connectivity index is 2.21. The van der Waals surface area contributed by atoms with Gasteiger partial charge in [-0.2, -0.15) is 9.78 Å². The van der Waals surface area contributed by atoms with Crippen LogP contribution in [0.25, 0.3) is 16.7 Å². The number of ether oxygens (including phenoxy) is 1. The third-order valence-electron chi connectivity index (χ3n) is 2.71. The molecule has 96 valence electrons. The van der Waals surface area contributed by atoms with Crippen LogP contribution in [0.3, 0.4) is 0 Å². The van der Waals surface area contributed by atoms with Crippen LogP contribution in [0.2, 0.25) is 0 Å². The minimum atomic E-state index is -0.269. The van der Waals surface area contributed by atoms with E-state index in [0.717, 1.165) is 10.4 Å². The van der Waals surface area contributed by atoms with Crippen LogP contribution in [-0.2, 0) is 11.5 Å². The monoisotopic (exact) mass is 257 g/mol. The maximum Gasteiger partial charge on any atom is 0.283 e. The van der Waals surface area contributed by atoms with Crippen molar-refractivity contribution in [2.24, 2.45) is 0 Å². The molecule has 2 heterocycles. The van der Waals surface area contributed by atoms with Crippen LogP contribution in [0.1, 0.15) is 0 Å². The van der Waals surface area contributed by atoms with Gasteiger partial charge in [-0.15, -0.1) is 5.10 Å². The Hall–Kier alpha value is -2.54. The molecule has 0 aliphatic rings. The van der Waals surface area contributed by atoms with Gasteiger partial charge in [-0.05, 0) is 12.1 Å². The van der Waals surface area contributed by atoms with E-state index < -0.39 is 0 Å². The van der Waals surface area contributed by atoms with Gasteiger partial charge in [0.25, 0.3) is 5.56 Å². The third kappa shape index (κ3) is 1.89. The Morgan fingerprint density at radius 1 is 1.26 bits per heavy atom. The second kappa shape index (κ2) is 4.62. The van der Waals surface area contributed by atoms with E-state index in [4.69, 9.17) is 4.74 Å². The molecule has 3 aromatic rings. The number of hydrogen-bond acceptors (Lipinski definition) is 5. The lowest BCUT2D eigenvalue weighted by Crippen LogP contribution is -2.24. The number of fused-ring (bicyclic) bond motifs is 1. The van der Waals surface area contributed by atoms with Crippen molar-refractivity contribution in [1.82, 2.24) is 24.8 Å². The second-order valence-corrected chi connectivity index (χ2v) is 3.94. The Labute approximate surface area is 108 Å². The molecule has 2 aromatic heterocycles. The second-order valence-electron chi connectivity index (χ2n) is 3.94. The highest BCUT2D eigenvalue weighted by atomic mass is 16.5. The molecule has 0 amide bonds. The summed E-state index contributed by atoms with van der Waals surface area (Å²) in [5.74, 6) is 0. The first-order chi connectivity index (χ1) is 9.31. The lowest BCUT2D eigenvalue weighted by molar-refractivity contribution is 0.114. The van der Waals surface area contributed by atoms with Crippen LogP contribution >= 0.6 is 0 Å². The summed E-state index contributed by atoms with van der Waals surface area (Å²) in [6.07, 6.45) is 1.49. The Bertz CT molecular complexity index is 763. The van der Waals surface area contributed by atoms with E-state index >= 15 is 0 Å². The van der Waals surface area contributed by atoms with Crippen LogP contribution in [-0.4, -0.2) is 31.9 Å². The summed E-state index contributed by atoms with van der Waals surface area (Å²) in [5.41, 5.74) is 0.994.